The van der Waals surface area contributed by atoms with Gasteiger partial charge in [-0.15, -0.1) is 5.10 Å². The van der Waals surface area contributed by atoms with E-state index >= 15 is 0 Å². The molecule has 186 valence electrons. The molecule has 0 unspecified atom stereocenters. The molecule has 4 rings (SSSR count). The number of para-hydroxylation sites is 3. The minimum atomic E-state index is -0.968. The molecule has 0 fully saturated rings. The molecule has 0 aliphatic heterocycles. The summed E-state index contributed by atoms with van der Waals surface area (Å²) in [5.74, 6) is 0.252. The van der Waals surface area contributed by atoms with Crippen molar-refractivity contribution in [3.8, 4) is 5.75 Å². The predicted molar refractivity (Wildman–Crippen MR) is 137 cm³/mol. The first-order valence-electron chi connectivity index (χ1n) is 11.9. The molecule has 2 heterocycles. The molecule has 0 spiro atoms. The summed E-state index contributed by atoms with van der Waals surface area (Å²) in [6.07, 6.45) is 4.06. The van der Waals surface area contributed by atoms with Crippen LogP contribution in [0.2, 0.25) is 0 Å². The first kappa shape index (κ1) is 24.8. The van der Waals surface area contributed by atoms with Crippen molar-refractivity contribution in [3.05, 3.63) is 78.6 Å². The van der Waals surface area contributed by atoms with Crippen LogP contribution in [0.25, 0.3) is 11.0 Å². The lowest BCUT2D eigenvalue weighted by atomic mass is 10.0. The third kappa shape index (κ3) is 5.51. The molecule has 9 nitrogen and oxygen atoms in total. The van der Waals surface area contributed by atoms with Crippen LogP contribution in [-0.4, -0.2) is 45.4 Å². The molecule has 0 bridgehead atoms. The minimum absolute atomic E-state index is 0.116. The van der Waals surface area contributed by atoms with E-state index in [9.17, 15) is 9.59 Å². The van der Waals surface area contributed by atoms with Gasteiger partial charge in [0.1, 0.15) is 23.9 Å². The van der Waals surface area contributed by atoms with Crippen molar-refractivity contribution in [1.82, 2.24) is 25.3 Å². The number of benzene rings is 2. The lowest BCUT2D eigenvalue weighted by Gasteiger charge is -2.32. The van der Waals surface area contributed by atoms with Crippen LogP contribution < -0.4 is 15.0 Å². The molecular formula is C27H30N6O3. The van der Waals surface area contributed by atoms with E-state index in [1.165, 1.54) is 16.7 Å². The normalized spacial score (nSPS) is 11.9. The summed E-state index contributed by atoms with van der Waals surface area (Å²) >= 11 is 0. The van der Waals surface area contributed by atoms with Crippen molar-refractivity contribution < 1.29 is 14.3 Å². The number of nitrogens with one attached hydrogen (secondary N) is 1. The van der Waals surface area contributed by atoms with Gasteiger partial charge in [0.15, 0.2) is 0 Å². The van der Waals surface area contributed by atoms with Crippen LogP contribution in [0.15, 0.2) is 73.1 Å². The molecule has 0 aliphatic rings. The fourth-order valence-corrected chi connectivity index (χ4v) is 4.02. The van der Waals surface area contributed by atoms with Crippen LogP contribution in [0.3, 0.4) is 0 Å². The smallest absolute Gasteiger partial charge is 0.249 e. The lowest BCUT2D eigenvalue weighted by Crippen LogP contribution is -2.45. The summed E-state index contributed by atoms with van der Waals surface area (Å²) < 4.78 is 7.12. The summed E-state index contributed by atoms with van der Waals surface area (Å²) in [6, 6.07) is 17.1. The van der Waals surface area contributed by atoms with E-state index in [-0.39, 0.29) is 18.4 Å². The fourth-order valence-electron chi connectivity index (χ4n) is 4.02. The Labute approximate surface area is 210 Å². The van der Waals surface area contributed by atoms with Gasteiger partial charge in [-0.3, -0.25) is 19.5 Å². The van der Waals surface area contributed by atoms with Crippen LogP contribution in [-0.2, 0) is 16.1 Å². The Morgan fingerprint density at radius 1 is 1.06 bits per heavy atom. The van der Waals surface area contributed by atoms with Crippen LogP contribution in [0.1, 0.15) is 31.9 Å². The zero-order valence-electron chi connectivity index (χ0n) is 20.7. The first-order chi connectivity index (χ1) is 17.5. The average Bonchev–Trinajstić information content (AvgIpc) is 3.30. The van der Waals surface area contributed by atoms with Gasteiger partial charge < -0.3 is 10.1 Å². The van der Waals surface area contributed by atoms with Gasteiger partial charge in [-0.05, 0) is 42.7 Å². The number of aromatic nitrogens is 4. The van der Waals surface area contributed by atoms with Crippen molar-refractivity contribution >= 4 is 28.5 Å². The summed E-state index contributed by atoms with van der Waals surface area (Å²) in [7, 11) is 1.54. The second-order valence-electron chi connectivity index (χ2n) is 8.83. The highest BCUT2D eigenvalue weighted by Gasteiger charge is 2.34. The number of fused-ring (bicyclic) bond motifs is 1. The van der Waals surface area contributed by atoms with Gasteiger partial charge in [0.05, 0.1) is 18.3 Å². The molecule has 2 aromatic carbocycles. The Balaban J connectivity index is 1.78. The fraction of sp³-hybridized carbons (Fsp3) is 0.296. The Morgan fingerprint density at radius 3 is 2.58 bits per heavy atom. The van der Waals surface area contributed by atoms with E-state index in [0.717, 1.165) is 11.9 Å². The number of ether oxygens (including phenoxy) is 1. The molecule has 1 atom stereocenters. The van der Waals surface area contributed by atoms with Crippen molar-refractivity contribution in [1.29, 1.82) is 0 Å². The molecule has 0 radical (unpaired) electrons. The van der Waals surface area contributed by atoms with Gasteiger partial charge in [0, 0.05) is 24.5 Å². The topological polar surface area (TPSA) is 102 Å². The number of anilines is 1. The predicted octanol–water partition coefficient (Wildman–Crippen LogP) is 3.77. The highest BCUT2D eigenvalue weighted by molar-refractivity contribution is 6.02. The van der Waals surface area contributed by atoms with E-state index in [1.807, 2.05) is 30.3 Å². The van der Waals surface area contributed by atoms with Crippen LogP contribution in [0, 0.1) is 5.92 Å². The van der Waals surface area contributed by atoms with Gasteiger partial charge in [0.2, 0.25) is 11.8 Å². The maximum absolute atomic E-state index is 14.0. The largest absolute Gasteiger partial charge is 0.495 e. The maximum Gasteiger partial charge on any atom is 0.249 e. The van der Waals surface area contributed by atoms with E-state index in [1.54, 1.807) is 42.7 Å². The molecule has 2 amide bonds. The van der Waals surface area contributed by atoms with Gasteiger partial charge in [-0.25, -0.2) is 4.68 Å². The number of hydrogen-bond acceptors (Lipinski definition) is 6. The first-order valence-corrected chi connectivity index (χ1v) is 11.9. The number of methoxy groups -OCH3 is 1. The maximum atomic E-state index is 14.0. The van der Waals surface area contributed by atoms with Crippen molar-refractivity contribution in [3.63, 3.8) is 0 Å². The monoisotopic (exact) mass is 486 g/mol. The lowest BCUT2D eigenvalue weighted by molar-refractivity contribution is -0.127. The second kappa shape index (κ2) is 11.4. The molecule has 36 heavy (non-hydrogen) atoms. The zero-order chi connectivity index (χ0) is 25.5. The standard InChI is InChI=1S/C27H30N6O3/c1-19(2)14-16-29-27(35)26(20-9-8-15-28-17-20)33(23-12-6-7-13-24(23)36-3)25(34)18-32-22-11-5-4-10-21(22)30-31-32/h4-13,15,17,19,26H,14,16,18H2,1-3H3,(H,29,35)/t26-/m0/s1. The summed E-state index contributed by atoms with van der Waals surface area (Å²) in [6.45, 7) is 4.57. The molecule has 1 N–H and O–H groups in total. The van der Waals surface area contributed by atoms with Crippen molar-refractivity contribution in [2.45, 2.75) is 32.9 Å². The molecule has 4 aromatic rings. The third-order valence-corrected chi connectivity index (χ3v) is 5.85. The van der Waals surface area contributed by atoms with Crippen molar-refractivity contribution in [2.24, 2.45) is 5.92 Å². The summed E-state index contributed by atoms with van der Waals surface area (Å²) in [5.41, 5.74) is 2.47. The minimum Gasteiger partial charge on any atom is -0.495 e. The number of amides is 2. The van der Waals surface area contributed by atoms with Crippen molar-refractivity contribution in [2.75, 3.05) is 18.6 Å². The number of carbonyl (C=O) groups excluding carboxylic acids is 2. The highest BCUT2D eigenvalue weighted by Crippen LogP contribution is 2.35. The molecule has 0 aliphatic carbocycles. The quantitative estimate of drug-likeness (QED) is 0.366. The summed E-state index contributed by atoms with van der Waals surface area (Å²) in [4.78, 5) is 33.3. The number of rotatable bonds is 10. The number of nitrogens with zero attached hydrogens (tertiary/aromatic N) is 5. The number of carbonyl (C=O) groups is 2. The van der Waals surface area contributed by atoms with E-state index in [0.29, 0.717) is 35.0 Å². The third-order valence-electron chi connectivity index (χ3n) is 5.85. The SMILES string of the molecule is COc1ccccc1N(C(=O)Cn1nnc2ccccc21)[C@H](C(=O)NCCC(C)C)c1cccnc1. The molecular weight excluding hydrogens is 456 g/mol. The van der Waals surface area contributed by atoms with Gasteiger partial charge in [-0.2, -0.15) is 0 Å². The Morgan fingerprint density at radius 2 is 1.83 bits per heavy atom. The van der Waals surface area contributed by atoms with E-state index in [4.69, 9.17) is 4.74 Å². The van der Waals surface area contributed by atoms with Crippen LogP contribution in [0.5, 0.6) is 5.75 Å². The zero-order valence-corrected chi connectivity index (χ0v) is 20.7. The van der Waals surface area contributed by atoms with E-state index in [2.05, 4.69) is 34.5 Å². The Hall–Kier alpha value is -4.27. The van der Waals surface area contributed by atoms with E-state index < -0.39 is 6.04 Å². The molecule has 9 heteroatoms. The molecule has 2 aromatic heterocycles. The molecule has 0 saturated carbocycles. The number of pyridine rings is 1. The average molecular weight is 487 g/mol. The van der Waals surface area contributed by atoms with Gasteiger partial charge >= 0.3 is 0 Å². The highest BCUT2D eigenvalue weighted by atomic mass is 16.5. The Kier molecular flexibility index (Phi) is 7.89. The van der Waals surface area contributed by atoms with Crippen LogP contribution >= 0.6 is 0 Å². The second-order valence-corrected chi connectivity index (χ2v) is 8.83. The van der Waals surface area contributed by atoms with Crippen LogP contribution in [0.4, 0.5) is 5.69 Å². The van der Waals surface area contributed by atoms with Gasteiger partial charge in [-0.1, -0.05) is 49.4 Å². The molecule has 0 saturated heterocycles. The Bertz CT molecular complexity index is 1320. The summed E-state index contributed by atoms with van der Waals surface area (Å²) in [5, 5.41) is 11.3. The van der Waals surface area contributed by atoms with Gasteiger partial charge in [0.25, 0.3) is 0 Å². The number of hydrogen-bond donors (Lipinski definition) is 1.